The van der Waals surface area contributed by atoms with Crippen molar-refractivity contribution in [2.45, 2.75) is 19.8 Å². The second-order valence-corrected chi connectivity index (χ2v) is 3.54. The van der Waals surface area contributed by atoms with Crippen LogP contribution in [0.2, 0.25) is 5.02 Å². The van der Waals surface area contributed by atoms with Gasteiger partial charge in [-0.15, -0.1) is 0 Å². The van der Waals surface area contributed by atoms with E-state index in [-0.39, 0.29) is 5.75 Å². The summed E-state index contributed by atoms with van der Waals surface area (Å²) in [5.41, 5.74) is 7.35. The maximum absolute atomic E-state index is 9.40. The molecule has 0 bridgehead atoms. The van der Waals surface area contributed by atoms with Crippen LogP contribution in [0, 0.1) is 6.92 Å². The van der Waals surface area contributed by atoms with Crippen LogP contribution < -0.4 is 5.73 Å². The fourth-order valence-electron chi connectivity index (χ4n) is 1.26. The van der Waals surface area contributed by atoms with Gasteiger partial charge in [0.25, 0.3) is 0 Å². The minimum Gasteiger partial charge on any atom is -0.506 e. The molecule has 0 saturated carbocycles. The molecule has 3 heteroatoms. The third kappa shape index (κ3) is 2.61. The molecule has 0 atom stereocenters. The van der Waals surface area contributed by atoms with Crippen LogP contribution in [0.3, 0.4) is 0 Å². The van der Waals surface area contributed by atoms with Crippen LogP contribution >= 0.6 is 11.6 Å². The van der Waals surface area contributed by atoms with Crippen molar-refractivity contribution in [3.63, 3.8) is 0 Å². The Morgan fingerprint density at radius 1 is 1.46 bits per heavy atom. The Morgan fingerprint density at radius 3 is 2.69 bits per heavy atom. The van der Waals surface area contributed by atoms with E-state index in [0.29, 0.717) is 11.6 Å². The van der Waals surface area contributed by atoms with Gasteiger partial charge < -0.3 is 10.8 Å². The van der Waals surface area contributed by atoms with Gasteiger partial charge in [-0.25, -0.2) is 0 Å². The number of hydrogen-bond acceptors (Lipinski definition) is 2. The molecule has 72 valence electrons. The van der Waals surface area contributed by atoms with E-state index >= 15 is 0 Å². The largest absolute Gasteiger partial charge is 0.506 e. The molecule has 0 aliphatic rings. The maximum Gasteiger partial charge on any atom is 0.137 e. The number of aromatic hydroxyl groups is 1. The van der Waals surface area contributed by atoms with Crippen molar-refractivity contribution in [1.82, 2.24) is 0 Å². The molecule has 0 amide bonds. The SMILES string of the molecule is Cc1cc(CCCN)cc(Cl)c1O. The molecule has 0 aliphatic heterocycles. The van der Waals surface area contributed by atoms with Gasteiger partial charge in [-0.1, -0.05) is 17.7 Å². The minimum absolute atomic E-state index is 0.179. The molecule has 0 saturated heterocycles. The fourth-order valence-corrected chi connectivity index (χ4v) is 1.55. The molecule has 0 unspecified atom stereocenters. The van der Waals surface area contributed by atoms with E-state index in [0.717, 1.165) is 24.0 Å². The molecule has 2 nitrogen and oxygen atoms in total. The zero-order valence-corrected chi connectivity index (χ0v) is 8.43. The summed E-state index contributed by atoms with van der Waals surface area (Å²) in [6.07, 6.45) is 1.86. The molecule has 0 aromatic heterocycles. The van der Waals surface area contributed by atoms with Gasteiger partial charge in [-0.3, -0.25) is 0 Å². The average Bonchev–Trinajstić information content (AvgIpc) is 2.10. The molecule has 0 heterocycles. The topological polar surface area (TPSA) is 46.2 Å². The Bertz CT molecular complexity index is 276. The number of rotatable bonds is 3. The summed E-state index contributed by atoms with van der Waals surface area (Å²) in [6, 6.07) is 3.73. The number of nitrogens with two attached hydrogens (primary N) is 1. The molecule has 13 heavy (non-hydrogen) atoms. The summed E-state index contributed by atoms with van der Waals surface area (Å²) in [7, 11) is 0. The number of halogens is 1. The first-order valence-corrected chi connectivity index (χ1v) is 4.71. The van der Waals surface area contributed by atoms with E-state index in [1.165, 1.54) is 0 Å². The van der Waals surface area contributed by atoms with Crippen molar-refractivity contribution >= 4 is 11.6 Å². The van der Waals surface area contributed by atoms with Crippen LogP contribution in [0.25, 0.3) is 0 Å². The van der Waals surface area contributed by atoms with Gasteiger partial charge in [0.05, 0.1) is 5.02 Å². The molecular formula is C10H14ClNO. The first kappa shape index (κ1) is 10.4. The first-order valence-electron chi connectivity index (χ1n) is 4.33. The Kier molecular flexibility index (Phi) is 3.58. The van der Waals surface area contributed by atoms with Gasteiger partial charge in [0.15, 0.2) is 0 Å². The summed E-state index contributed by atoms with van der Waals surface area (Å²) in [6.45, 7) is 2.52. The number of benzene rings is 1. The van der Waals surface area contributed by atoms with E-state index in [1.54, 1.807) is 6.07 Å². The first-order chi connectivity index (χ1) is 6.15. The van der Waals surface area contributed by atoms with E-state index in [1.807, 2.05) is 13.0 Å². The van der Waals surface area contributed by atoms with Gasteiger partial charge in [-0.2, -0.15) is 0 Å². The maximum atomic E-state index is 9.40. The van der Waals surface area contributed by atoms with Crippen LogP contribution in [0.4, 0.5) is 0 Å². The van der Waals surface area contributed by atoms with Crippen LogP contribution in [-0.4, -0.2) is 11.7 Å². The van der Waals surface area contributed by atoms with E-state index in [2.05, 4.69) is 0 Å². The molecule has 0 radical (unpaired) electrons. The zero-order valence-electron chi connectivity index (χ0n) is 7.68. The third-order valence-electron chi connectivity index (χ3n) is 1.98. The van der Waals surface area contributed by atoms with Crippen LogP contribution in [0.15, 0.2) is 12.1 Å². The van der Waals surface area contributed by atoms with Crippen molar-refractivity contribution in [3.8, 4) is 5.75 Å². The van der Waals surface area contributed by atoms with Crippen LogP contribution in [0.1, 0.15) is 17.5 Å². The summed E-state index contributed by atoms with van der Waals surface area (Å²) in [5.74, 6) is 0.179. The predicted octanol–water partition coefficient (Wildman–Crippen LogP) is 2.25. The Morgan fingerprint density at radius 2 is 2.15 bits per heavy atom. The summed E-state index contributed by atoms with van der Waals surface area (Å²) < 4.78 is 0. The molecule has 0 spiro atoms. The Hall–Kier alpha value is -0.730. The lowest BCUT2D eigenvalue weighted by Crippen LogP contribution is -2.00. The lowest BCUT2D eigenvalue weighted by molar-refractivity contribution is 0.471. The second kappa shape index (κ2) is 4.49. The molecule has 0 aliphatic carbocycles. The standard InChI is InChI=1S/C10H14ClNO/c1-7-5-8(3-2-4-12)6-9(11)10(7)13/h5-6,13H,2-4,12H2,1H3. The zero-order chi connectivity index (χ0) is 9.84. The summed E-state index contributed by atoms with van der Waals surface area (Å²) in [4.78, 5) is 0. The number of phenolic OH excluding ortho intramolecular Hbond substituents is 1. The molecule has 1 aromatic carbocycles. The third-order valence-corrected chi connectivity index (χ3v) is 2.27. The molecule has 1 aromatic rings. The normalized spacial score (nSPS) is 10.4. The highest BCUT2D eigenvalue weighted by Gasteiger charge is 2.04. The minimum atomic E-state index is 0.179. The highest BCUT2D eigenvalue weighted by atomic mass is 35.5. The molecular weight excluding hydrogens is 186 g/mol. The van der Waals surface area contributed by atoms with Gasteiger partial charge in [0, 0.05) is 0 Å². The fraction of sp³-hybridized carbons (Fsp3) is 0.400. The smallest absolute Gasteiger partial charge is 0.137 e. The van der Waals surface area contributed by atoms with E-state index < -0.39 is 0 Å². The van der Waals surface area contributed by atoms with E-state index in [4.69, 9.17) is 17.3 Å². The highest BCUT2D eigenvalue weighted by molar-refractivity contribution is 6.32. The molecule has 3 N–H and O–H groups in total. The molecule has 0 fully saturated rings. The molecule has 1 rings (SSSR count). The lowest BCUT2D eigenvalue weighted by atomic mass is 10.1. The van der Waals surface area contributed by atoms with Crippen molar-refractivity contribution in [2.24, 2.45) is 5.73 Å². The lowest BCUT2D eigenvalue weighted by Gasteiger charge is -2.05. The predicted molar refractivity (Wildman–Crippen MR) is 55.2 cm³/mol. The summed E-state index contributed by atoms with van der Waals surface area (Å²) in [5, 5.41) is 9.82. The van der Waals surface area contributed by atoms with Crippen LogP contribution in [0.5, 0.6) is 5.75 Å². The average molecular weight is 200 g/mol. The number of phenols is 1. The van der Waals surface area contributed by atoms with Crippen molar-refractivity contribution < 1.29 is 5.11 Å². The van der Waals surface area contributed by atoms with Gasteiger partial charge in [0.2, 0.25) is 0 Å². The van der Waals surface area contributed by atoms with Crippen LogP contribution in [-0.2, 0) is 6.42 Å². The number of aryl methyl sites for hydroxylation is 2. The van der Waals surface area contributed by atoms with Crippen molar-refractivity contribution in [3.05, 3.63) is 28.3 Å². The summed E-state index contributed by atoms with van der Waals surface area (Å²) >= 11 is 5.82. The van der Waals surface area contributed by atoms with Crippen molar-refractivity contribution in [2.75, 3.05) is 6.54 Å². The Balaban J connectivity index is 2.86. The van der Waals surface area contributed by atoms with Gasteiger partial charge in [-0.05, 0) is 43.5 Å². The monoisotopic (exact) mass is 199 g/mol. The Labute approximate surface area is 83.3 Å². The van der Waals surface area contributed by atoms with Gasteiger partial charge >= 0.3 is 0 Å². The van der Waals surface area contributed by atoms with E-state index in [9.17, 15) is 5.11 Å². The number of hydrogen-bond donors (Lipinski definition) is 2. The van der Waals surface area contributed by atoms with Crippen molar-refractivity contribution in [1.29, 1.82) is 0 Å². The van der Waals surface area contributed by atoms with Gasteiger partial charge in [0.1, 0.15) is 5.75 Å². The highest BCUT2D eigenvalue weighted by Crippen LogP contribution is 2.28. The quantitative estimate of drug-likeness (QED) is 0.785. The second-order valence-electron chi connectivity index (χ2n) is 3.14.